The molecule has 106 valence electrons. The Hall–Kier alpha value is -1.95. The van der Waals surface area contributed by atoms with Gasteiger partial charge in [0.25, 0.3) is 0 Å². The first-order valence-electron chi connectivity index (χ1n) is 6.97. The van der Waals surface area contributed by atoms with Gasteiger partial charge in [-0.05, 0) is 30.7 Å². The zero-order valence-electron chi connectivity index (χ0n) is 11.3. The molecule has 6 heteroatoms. The van der Waals surface area contributed by atoms with Crippen LogP contribution >= 0.6 is 15.9 Å². The highest BCUT2D eigenvalue weighted by Gasteiger charge is 2.20. The number of nitrogens with one attached hydrogen (secondary N) is 1. The molecule has 0 radical (unpaired) electrons. The lowest BCUT2D eigenvalue weighted by Crippen LogP contribution is -2.32. The van der Waals surface area contributed by atoms with E-state index in [1.807, 2.05) is 29.1 Å². The quantitative estimate of drug-likeness (QED) is 0.777. The van der Waals surface area contributed by atoms with Crippen molar-refractivity contribution >= 4 is 32.5 Å². The molecule has 2 aromatic heterocycles. The normalized spacial score (nSPS) is 17.7. The molecule has 1 N–H and O–H groups in total. The van der Waals surface area contributed by atoms with Crippen LogP contribution in [0.15, 0.2) is 41.3 Å². The number of halogens is 1. The Morgan fingerprint density at radius 1 is 1.24 bits per heavy atom. The number of hydrogen-bond donors (Lipinski definition) is 1. The summed E-state index contributed by atoms with van der Waals surface area (Å²) < 4.78 is 3.05. The van der Waals surface area contributed by atoms with Crippen molar-refractivity contribution in [3.63, 3.8) is 0 Å². The summed E-state index contributed by atoms with van der Waals surface area (Å²) in [5, 5.41) is 9.04. The van der Waals surface area contributed by atoms with Crippen LogP contribution in [0, 0.1) is 0 Å². The van der Waals surface area contributed by atoms with Gasteiger partial charge in [0.05, 0.1) is 12.1 Å². The van der Waals surface area contributed by atoms with Crippen molar-refractivity contribution in [2.45, 2.75) is 25.4 Å². The summed E-state index contributed by atoms with van der Waals surface area (Å²) in [5.41, 5.74) is 2.12. The molecule has 0 aliphatic carbocycles. The summed E-state index contributed by atoms with van der Waals surface area (Å²) in [7, 11) is 0. The minimum absolute atomic E-state index is 0.365. The number of rotatable bonds is 2. The van der Waals surface area contributed by atoms with Gasteiger partial charge in [0.2, 0.25) is 0 Å². The number of anilines is 1. The molecule has 1 unspecified atom stereocenters. The third kappa shape index (κ3) is 2.40. The van der Waals surface area contributed by atoms with Crippen LogP contribution in [0.3, 0.4) is 0 Å². The Balaban J connectivity index is 1.64. The molecule has 0 bridgehead atoms. The molecule has 21 heavy (non-hydrogen) atoms. The predicted octanol–water partition coefficient (Wildman–Crippen LogP) is 3.02. The molecule has 1 aromatic carbocycles. The predicted molar refractivity (Wildman–Crippen MR) is 85.2 cm³/mol. The van der Waals surface area contributed by atoms with E-state index in [0.717, 1.165) is 46.3 Å². The Bertz CT molecular complexity index is 798. The maximum absolute atomic E-state index is 4.42. The van der Waals surface area contributed by atoms with E-state index in [1.54, 1.807) is 6.33 Å². The summed E-state index contributed by atoms with van der Waals surface area (Å²) in [4.78, 5) is 8.68. The highest BCUT2D eigenvalue weighted by molar-refractivity contribution is 9.10. The van der Waals surface area contributed by atoms with E-state index in [9.17, 15) is 0 Å². The maximum Gasteiger partial charge on any atom is 0.138 e. The molecule has 1 aliphatic heterocycles. The van der Waals surface area contributed by atoms with E-state index in [2.05, 4.69) is 42.4 Å². The van der Waals surface area contributed by atoms with Gasteiger partial charge in [-0.15, -0.1) is 0 Å². The van der Waals surface area contributed by atoms with Gasteiger partial charge in [-0.25, -0.2) is 9.67 Å². The number of aryl methyl sites for hydroxylation is 1. The van der Waals surface area contributed by atoms with Gasteiger partial charge in [0, 0.05) is 34.2 Å². The van der Waals surface area contributed by atoms with Gasteiger partial charge in [0.1, 0.15) is 12.2 Å². The first-order valence-corrected chi connectivity index (χ1v) is 7.76. The maximum atomic E-state index is 4.42. The van der Waals surface area contributed by atoms with Gasteiger partial charge in [-0.3, -0.25) is 4.98 Å². The first kappa shape index (κ1) is 12.8. The van der Waals surface area contributed by atoms with Crippen LogP contribution in [-0.2, 0) is 13.0 Å². The summed E-state index contributed by atoms with van der Waals surface area (Å²) >= 11 is 3.53. The van der Waals surface area contributed by atoms with E-state index < -0.39 is 0 Å². The van der Waals surface area contributed by atoms with E-state index in [-0.39, 0.29) is 0 Å². The van der Waals surface area contributed by atoms with Crippen molar-refractivity contribution in [1.82, 2.24) is 19.7 Å². The summed E-state index contributed by atoms with van der Waals surface area (Å²) in [6.45, 7) is 0.854. The zero-order valence-corrected chi connectivity index (χ0v) is 12.9. The van der Waals surface area contributed by atoms with Gasteiger partial charge in [-0.1, -0.05) is 15.9 Å². The summed E-state index contributed by atoms with van der Waals surface area (Å²) in [6, 6.07) is 8.55. The number of hydrogen-bond acceptors (Lipinski definition) is 4. The lowest BCUT2D eigenvalue weighted by molar-refractivity contribution is 0.442. The van der Waals surface area contributed by atoms with Crippen molar-refractivity contribution in [3.8, 4) is 0 Å². The van der Waals surface area contributed by atoms with Crippen molar-refractivity contribution in [2.24, 2.45) is 0 Å². The smallest absolute Gasteiger partial charge is 0.138 e. The highest BCUT2D eigenvalue weighted by atomic mass is 79.9. The second-order valence-electron chi connectivity index (χ2n) is 5.26. The Morgan fingerprint density at radius 3 is 3.14 bits per heavy atom. The largest absolute Gasteiger partial charge is 0.380 e. The first-order chi connectivity index (χ1) is 10.3. The fourth-order valence-electron chi connectivity index (χ4n) is 2.82. The molecule has 5 nitrogen and oxygen atoms in total. The van der Waals surface area contributed by atoms with Crippen molar-refractivity contribution in [2.75, 3.05) is 5.32 Å². The lowest BCUT2D eigenvalue weighted by Gasteiger charge is -2.25. The van der Waals surface area contributed by atoms with Crippen LogP contribution in [0.25, 0.3) is 10.9 Å². The third-order valence-electron chi connectivity index (χ3n) is 3.87. The molecule has 1 atom stereocenters. The minimum atomic E-state index is 0.365. The molecule has 0 amide bonds. The van der Waals surface area contributed by atoms with Gasteiger partial charge < -0.3 is 5.32 Å². The number of aromatic nitrogens is 4. The monoisotopic (exact) mass is 343 g/mol. The van der Waals surface area contributed by atoms with Crippen molar-refractivity contribution in [1.29, 1.82) is 0 Å². The highest BCUT2D eigenvalue weighted by Crippen LogP contribution is 2.27. The minimum Gasteiger partial charge on any atom is -0.380 e. The molecule has 0 spiro atoms. The summed E-state index contributed by atoms with van der Waals surface area (Å²) in [5.74, 6) is 1.08. The SMILES string of the molecule is Brc1ccc2nccc(NC3CCc4ncnn4C3)c2c1. The third-order valence-corrected chi connectivity index (χ3v) is 4.36. The van der Waals surface area contributed by atoms with E-state index in [0.29, 0.717) is 6.04 Å². The van der Waals surface area contributed by atoms with Crippen LogP contribution < -0.4 is 5.32 Å². The summed E-state index contributed by atoms with van der Waals surface area (Å²) in [6.07, 6.45) is 5.51. The van der Waals surface area contributed by atoms with Gasteiger partial charge in [-0.2, -0.15) is 5.10 Å². The molecule has 4 rings (SSSR count). The Morgan fingerprint density at radius 2 is 2.19 bits per heavy atom. The fraction of sp³-hybridized carbons (Fsp3) is 0.267. The second kappa shape index (κ2) is 5.11. The molecule has 0 saturated carbocycles. The van der Waals surface area contributed by atoms with Crippen LogP contribution in [0.5, 0.6) is 0 Å². The number of pyridine rings is 1. The zero-order chi connectivity index (χ0) is 14.2. The van der Waals surface area contributed by atoms with Crippen LogP contribution in [0.1, 0.15) is 12.2 Å². The molecular formula is C15H14BrN5. The van der Waals surface area contributed by atoms with Crippen molar-refractivity contribution in [3.05, 3.63) is 47.1 Å². The van der Waals surface area contributed by atoms with Crippen LogP contribution in [-0.4, -0.2) is 25.8 Å². The fourth-order valence-corrected chi connectivity index (χ4v) is 3.18. The van der Waals surface area contributed by atoms with Crippen LogP contribution in [0.4, 0.5) is 5.69 Å². The van der Waals surface area contributed by atoms with Gasteiger partial charge in [0.15, 0.2) is 0 Å². The van der Waals surface area contributed by atoms with Crippen molar-refractivity contribution < 1.29 is 0 Å². The number of nitrogens with zero attached hydrogens (tertiary/aromatic N) is 4. The molecule has 3 heterocycles. The Labute approximate surface area is 130 Å². The van der Waals surface area contributed by atoms with E-state index in [4.69, 9.17) is 0 Å². The van der Waals surface area contributed by atoms with Gasteiger partial charge >= 0.3 is 0 Å². The molecule has 0 saturated heterocycles. The van der Waals surface area contributed by atoms with Crippen LogP contribution in [0.2, 0.25) is 0 Å². The number of fused-ring (bicyclic) bond motifs is 2. The molecule has 1 aliphatic rings. The number of benzene rings is 1. The standard InChI is InChI=1S/C15H14BrN5/c16-10-1-3-13-12(7-10)14(5-6-17-13)20-11-2-4-15-18-9-19-21(15)8-11/h1,3,5-7,9,11H,2,4,8H2,(H,17,20). The average Bonchev–Trinajstić information content (AvgIpc) is 2.95. The second-order valence-corrected chi connectivity index (χ2v) is 6.17. The van der Waals surface area contributed by atoms with E-state index in [1.165, 1.54) is 0 Å². The molecule has 3 aromatic rings. The topological polar surface area (TPSA) is 55.6 Å². The Kier molecular flexibility index (Phi) is 3.11. The molecule has 0 fully saturated rings. The van der Waals surface area contributed by atoms with E-state index >= 15 is 0 Å². The molecular weight excluding hydrogens is 330 g/mol. The lowest BCUT2D eigenvalue weighted by atomic mass is 10.1. The average molecular weight is 344 g/mol.